The Morgan fingerprint density at radius 2 is 1.47 bits per heavy atom. The minimum atomic E-state index is -0.120. The van der Waals surface area contributed by atoms with Gasteiger partial charge in [0.25, 0.3) is 5.56 Å². The molecule has 2 aliphatic heterocycles. The number of amides is 2. The summed E-state index contributed by atoms with van der Waals surface area (Å²) in [5.41, 5.74) is 8.65. The topological polar surface area (TPSA) is 130 Å². The highest BCUT2D eigenvalue weighted by Gasteiger charge is 2.21. The molecule has 0 spiro atoms. The number of carbonyl (C=O) groups is 2. The van der Waals surface area contributed by atoms with Gasteiger partial charge < -0.3 is 21.3 Å². The Labute approximate surface area is 289 Å². The van der Waals surface area contributed by atoms with Crippen LogP contribution in [0.5, 0.6) is 0 Å². The van der Waals surface area contributed by atoms with Crippen molar-refractivity contribution in [2.45, 2.75) is 57.8 Å². The van der Waals surface area contributed by atoms with Crippen molar-refractivity contribution in [3.63, 3.8) is 0 Å². The van der Waals surface area contributed by atoms with Crippen LogP contribution < -0.4 is 26.8 Å². The van der Waals surface area contributed by atoms with Crippen LogP contribution in [0.3, 0.4) is 0 Å². The molecule has 2 amide bonds. The van der Waals surface area contributed by atoms with E-state index < -0.39 is 0 Å². The summed E-state index contributed by atoms with van der Waals surface area (Å²) < 4.78 is 1.57. The van der Waals surface area contributed by atoms with E-state index in [2.05, 4.69) is 45.3 Å². The zero-order valence-electron chi connectivity index (χ0n) is 27.3. The highest BCUT2D eigenvalue weighted by Crippen LogP contribution is 2.39. The molecule has 0 radical (unpaired) electrons. The van der Waals surface area contributed by atoms with Crippen LogP contribution in [0.15, 0.2) is 84.0 Å². The van der Waals surface area contributed by atoms with Gasteiger partial charge in [0.1, 0.15) is 5.65 Å². The lowest BCUT2D eigenvalue weighted by molar-refractivity contribution is -0.120. The van der Waals surface area contributed by atoms with E-state index in [0.717, 1.165) is 64.0 Å². The molecule has 2 aromatic carbocycles. The molecular weight excluding hydrogens is 638 g/mol. The zero-order chi connectivity index (χ0) is 33.9. The Kier molecular flexibility index (Phi) is 9.52. The highest BCUT2D eigenvalue weighted by molar-refractivity contribution is 6.36. The van der Waals surface area contributed by atoms with E-state index in [1.54, 1.807) is 16.8 Å². The Hall–Kier alpha value is -4.90. The van der Waals surface area contributed by atoms with Crippen molar-refractivity contribution in [1.82, 2.24) is 35.6 Å². The molecule has 0 unspecified atom stereocenters. The molecule has 250 valence electrons. The van der Waals surface area contributed by atoms with Crippen molar-refractivity contribution in [2.75, 3.05) is 13.1 Å². The van der Waals surface area contributed by atoms with Crippen LogP contribution in [-0.4, -0.2) is 51.4 Å². The fourth-order valence-electron chi connectivity index (χ4n) is 6.70. The van der Waals surface area contributed by atoms with E-state index in [1.807, 2.05) is 54.7 Å². The van der Waals surface area contributed by atoms with Crippen molar-refractivity contribution < 1.29 is 9.59 Å². The summed E-state index contributed by atoms with van der Waals surface area (Å²) >= 11 is 7.09. The third-order valence-electron chi connectivity index (χ3n) is 9.41. The van der Waals surface area contributed by atoms with Crippen LogP contribution in [0.25, 0.3) is 39.2 Å². The monoisotopic (exact) mass is 675 g/mol. The first kappa shape index (κ1) is 32.6. The number of nitrogens with one attached hydrogen (secondary N) is 4. The van der Waals surface area contributed by atoms with Gasteiger partial charge in [-0.25, -0.2) is 4.98 Å². The summed E-state index contributed by atoms with van der Waals surface area (Å²) in [6, 6.07) is 20.3. The minimum absolute atomic E-state index is 0.0738. The predicted molar refractivity (Wildman–Crippen MR) is 191 cm³/mol. The smallest absolute Gasteiger partial charge is 0.262 e. The van der Waals surface area contributed by atoms with Gasteiger partial charge in [-0.05, 0) is 65.8 Å². The Balaban J connectivity index is 1.07. The van der Waals surface area contributed by atoms with Crippen molar-refractivity contribution in [3.05, 3.63) is 111 Å². The van der Waals surface area contributed by atoms with Gasteiger partial charge in [-0.3, -0.25) is 23.8 Å². The minimum Gasteiger partial charge on any atom is -0.352 e. The number of hydrogen-bond donors (Lipinski definition) is 4. The second-order valence-electron chi connectivity index (χ2n) is 12.8. The molecule has 49 heavy (non-hydrogen) atoms. The number of halogens is 1. The average Bonchev–Trinajstić information content (AvgIpc) is 3.73. The number of carbonyl (C=O) groups excluding carboxylic acids is 2. The van der Waals surface area contributed by atoms with Crippen LogP contribution in [0, 0.1) is 6.92 Å². The molecular formula is C38H38ClN7O3. The molecule has 7 rings (SSSR count). The summed E-state index contributed by atoms with van der Waals surface area (Å²) in [7, 11) is 0. The van der Waals surface area contributed by atoms with Crippen LogP contribution in [0.4, 0.5) is 0 Å². The second kappa shape index (κ2) is 14.3. The standard InChI is InChI=1S/C38H38ClN7O3/c1-23-29(25-14-15-46-34(16-25)43-20-26(38(46)49)19-41-22-28-10-13-36(48)45-28)4-2-5-30(23)31-6-3-7-32(37(31)39)33-11-8-24(18-42-33)17-40-21-27-9-12-35(47)44-27/h2-8,11,14-16,18,20,27-28,40-41H,9-10,12-13,17,19,21-22H2,1H3,(H,44,47)(H,45,48)/t27-,28-/m1/s1. The van der Waals surface area contributed by atoms with Crippen LogP contribution >= 0.6 is 11.6 Å². The van der Waals surface area contributed by atoms with E-state index in [9.17, 15) is 14.4 Å². The number of pyridine rings is 2. The van der Waals surface area contributed by atoms with Crippen LogP contribution in [-0.2, 0) is 22.7 Å². The van der Waals surface area contributed by atoms with Crippen molar-refractivity contribution in [1.29, 1.82) is 0 Å². The largest absolute Gasteiger partial charge is 0.352 e. The quantitative estimate of drug-likeness (QED) is 0.159. The van der Waals surface area contributed by atoms with Gasteiger partial charge in [0.15, 0.2) is 0 Å². The fraction of sp³-hybridized carbons (Fsp3) is 0.289. The van der Waals surface area contributed by atoms with Gasteiger partial charge in [0.05, 0.1) is 10.7 Å². The van der Waals surface area contributed by atoms with E-state index >= 15 is 0 Å². The van der Waals surface area contributed by atoms with E-state index in [-0.39, 0.29) is 29.5 Å². The van der Waals surface area contributed by atoms with Crippen molar-refractivity contribution in [2.24, 2.45) is 0 Å². The number of aromatic nitrogens is 3. The maximum atomic E-state index is 13.3. The molecule has 10 nitrogen and oxygen atoms in total. The number of fused-ring (bicyclic) bond motifs is 1. The predicted octanol–water partition coefficient (Wildman–Crippen LogP) is 4.79. The summed E-state index contributed by atoms with van der Waals surface area (Å²) in [5.74, 6) is 0.195. The van der Waals surface area contributed by atoms with Crippen LogP contribution in [0.1, 0.15) is 42.4 Å². The van der Waals surface area contributed by atoms with Gasteiger partial charge in [-0.1, -0.05) is 54.1 Å². The molecule has 11 heteroatoms. The summed E-state index contributed by atoms with van der Waals surface area (Å²) in [4.78, 5) is 45.5. The molecule has 0 saturated carbocycles. The molecule has 2 saturated heterocycles. The maximum absolute atomic E-state index is 13.3. The molecule has 2 atom stereocenters. The lowest BCUT2D eigenvalue weighted by Gasteiger charge is -2.16. The molecule has 0 aliphatic carbocycles. The van der Waals surface area contributed by atoms with Gasteiger partial charge in [-0.2, -0.15) is 0 Å². The summed E-state index contributed by atoms with van der Waals surface area (Å²) in [5, 5.41) is 13.2. The maximum Gasteiger partial charge on any atom is 0.262 e. The highest BCUT2D eigenvalue weighted by atomic mass is 35.5. The first-order valence-corrected chi connectivity index (χ1v) is 17.1. The average molecular weight is 676 g/mol. The third kappa shape index (κ3) is 7.12. The summed E-state index contributed by atoms with van der Waals surface area (Å²) in [6.07, 6.45) is 8.08. The Morgan fingerprint density at radius 3 is 2.14 bits per heavy atom. The number of benzene rings is 2. The second-order valence-corrected chi connectivity index (χ2v) is 13.2. The van der Waals surface area contributed by atoms with Gasteiger partial charge in [0.2, 0.25) is 11.8 Å². The molecule has 5 aromatic rings. The van der Waals surface area contributed by atoms with E-state index in [1.165, 1.54) is 0 Å². The number of rotatable bonds is 11. The molecule has 3 aromatic heterocycles. The lowest BCUT2D eigenvalue weighted by atomic mass is 9.92. The fourth-order valence-corrected chi connectivity index (χ4v) is 7.03. The van der Waals surface area contributed by atoms with Crippen molar-refractivity contribution in [3.8, 4) is 33.5 Å². The van der Waals surface area contributed by atoms with E-state index in [4.69, 9.17) is 16.6 Å². The molecule has 2 fully saturated rings. The Bertz CT molecular complexity index is 2100. The molecule has 2 aliphatic rings. The molecule has 0 bridgehead atoms. The van der Waals surface area contributed by atoms with Crippen LogP contribution in [0.2, 0.25) is 5.02 Å². The third-order valence-corrected chi connectivity index (χ3v) is 9.82. The number of hydrogen-bond acceptors (Lipinski definition) is 7. The first-order chi connectivity index (χ1) is 23.8. The number of nitrogens with zero attached hydrogens (tertiary/aromatic N) is 3. The van der Waals surface area contributed by atoms with Gasteiger partial charge in [-0.15, -0.1) is 0 Å². The SMILES string of the molecule is Cc1c(-c2ccn3c(=O)c(CNC[C@H]4CCC(=O)N4)cnc3c2)cccc1-c1cccc(-c2ccc(CNC[C@H]3CCC(=O)N3)cn2)c1Cl. The van der Waals surface area contributed by atoms with Gasteiger partial charge in [0, 0.05) is 86.4 Å². The molecule has 5 heterocycles. The Morgan fingerprint density at radius 1 is 0.796 bits per heavy atom. The van der Waals surface area contributed by atoms with Gasteiger partial charge >= 0.3 is 0 Å². The lowest BCUT2D eigenvalue weighted by Crippen LogP contribution is -2.36. The normalized spacial score (nSPS) is 17.4. The zero-order valence-corrected chi connectivity index (χ0v) is 28.0. The molecule has 4 N–H and O–H groups in total. The first-order valence-electron chi connectivity index (χ1n) is 16.7. The van der Waals surface area contributed by atoms with Crippen molar-refractivity contribution >= 4 is 29.1 Å². The van der Waals surface area contributed by atoms with E-state index in [0.29, 0.717) is 48.7 Å². The summed E-state index contributed by atoms with van der Waals surface area (Å²) in [6.45, 7) is 4.47.